The summed E-state index contributed by atoms with van der Waals surface area (Å²) < 4.78 is 10.4. The molecule has 0 fully saturated rings. The molecular formula is C23H20O5. The van der Waals surface area contributed by atoms with E-state index in [0.717, 1.165) is 11.1 Å². The summed E-state index contributed by atoms with van der Waals surface area (Å²) in [6.45, 7) is 0.178. The van der Waals surface area contributed by atoms with E-state index in [4.69, 9.17) is 9.47 Å². The minimum atomic E-state index is -0.940. The molecule has 3 rings (SSSR count). The Labute approximate surface area is 163 Å². The topological polar surface area (TPSA) is 69.7 Å². The Balaban J connectivity index is 1.56. The fourth-order valence-corrected chi connectivity index (χ4v) is 2.74. The third kappa shape index (κ3) is 5.27. The Morgan fingerprint density at radius 3 is 1.96 bits per heavy atom. The third-order valence-corrected chi connectivity index (χ3v) is 4.24. The van der Waals surface area contributed by atoms with Gasteiger partial charge in [0.05, 0.1) is 0 Å². The highest BCUT2D eigenvalue weighted by Gasteiger charge is 2.23. The van der Waals surface area contributed by atoms with Gasteiger partial charge in [-0.1, -0.05) is 66.7 Å². The van der Waals surface area contributed by atoms with Crippen LogP contribution in [0.15, 0.2) is 84.0 Å². The lowest BCUT2D eigenvalue weighted by Gasteiger charge is -2.13. The van der Waals surface area contributed by atoms with Gasteiger partial charge in [-0.25, -0.2) is 9.59 Å². The summed E-state index contributed by atoms with van der Waals surface area (Å²) in [5.41, 5.74) is 2.21. The maximum Gasteiger partial charge on any atom is 0.379 e. The van der Waals surface area contributed by atoms with Gasteiger partial charge in [-0.15, -0.1) is 0 Å². The smallest absolute Gasteiger partial charge is 0.379 e. The number of hydrogen-bond donors (Lipinski definition) is 0. The predicted molar refractivity (Wildman–Crippen MR) is 103 cm³/mol. The number of hydrogen-bond acceptors (Lipinski definition) is 5. The summed E-state index contributed by atoms with van der Waals surface area (Å²) in [4.78, 5) is 36.6. The normalized spacial score (nSPS) is 13.1. The van der Waals surface area contributed by atoms with Crippen LogP contribution in [0, 0.1) is 0 Å². The summed E-state index contributed by atoms with van der Waals surface area (Å²) in [6, 6.07) is 18.4. The van der Waals surface area contributed by atoms with E-state index in [1.807, 2.05) is 48.5 Å². The molecule has 2 aromatic rings. The average Bonchev–Trinajstić information content (AvgIpc) is 2.76. The number of allylic oxidation sites excluding steroid dienone is 2. The highest BCUT2D eigenvalue weighted by molar-refractivity contribution is 6.41. The number of ketones is 1. The van der Waals surface area contributed by atoms with E-state index in [1.165, 1.54) is 6.08 Å². The minimum absolute atomic E-state index is 0.0222. The first-order chi connectivity index (χ1) is 13.6. The van der Waals surface area contributed by atoms with Crippen LogP contribution in [0.4, 0.5) is 0 Å². The highest BCUT2D eigenvalue weighted by atomic mass is 16.5. The first-order valence-corrected chi connectivity index (χ1v) is 9.00. The lowest BCUT2D eigenvalue weighted by molar-refractivity contribution is -0.153. The van der Waals surface area contributed by atoms with Crippen molar-refractivity contribution in [3.63, 3.8) is 0 Å². The van der Waals surface area contributed by atoms with Gasteiger partial charge in [0.1, 0.15) is 13.2 Å². The van der Waals surface area contributed by atoms with Gasteiger partial charge in [0.25, 0.3) is 5.78 Å². The summed E-state index contributed by atoms with van der Waals surface area (Å²) in [6.07, 6.45) is 4.01. The van der Waals surface area contributed by atoms with E-state index in [9.17, 15) is 14.4 Å². The summed E-state index contributed by atoms with van der Waals surface area (Å²) >= 11 is 0. The van der Waals surface area contributed by atoms with Gasteiger partial charge in [-0.3, -0.25) is 4.79 Å². The molecule has 142 valence electrons. The molecule has 0 radical (unpaired) electrons. The fourth-order valence-electron chi connectivity index (χ4n) is 2.74. The lowest BCUT2D eigenvalue weighted by atomic mass is 9.97. The number of carbonyl (C=O) groups excluding carboxylic acids is 3. The molecule has 0 bridgehead atoms. The molecular weight excluding hydrogens is 356 g/mol. The van der Waals surface area contributed by atoms with Gasteiger partial charge in [0.15, 0.2) is 0 Å². The van der Waals surface area contributed by atoms with E-state index in [2.05, 4.69) is 0 Å². The predicted octanol–water partition coefficient (Wildman–Crippen LogP) is 3.69. The zero-order valence-electron chi connectivity index (χ0n) is 15.3. The molecule has 0 unspecified atom stereocenters. The zero-order valence-corrected chi connectivity index (χ0v) is 15.3. The van der Waals surface area contributed by atoms with Crippen molar-refractivity contribution >= 4 is 17.7 Å². The zero-order chi connectivity index (χ0) is 19.8. The second-order valence-electron chi connectivity index (χ2n) is 6.32. The van der Waals surface area contributed by atoms with Crippen molar-refractivity contribution in [2.75, 3.05) is 0 Å². The molecule has 1 aliphatic carbocycles. The van der Waals surface area contributed by atoms with Crippen molar-refractivity contribution in [1.29, 1.82) is 0 Å². The van der Waals surface area contributed by atoms with Crippen molar-refractivity contribution in [2.24, 2.45) is 0 Å². The van der Waals surface area contributed by atoms with E-state index in [-0.39, 0.29) is 18.8 Å². The van der Waals surface area contributed by atoms with E-state index in [1.54, 1.807) is 18.2 Å². The van der Waals surface area contributed by atoms with Crippen LogP contribution in [-0.4, -0.2) is 17.7 Å². The van der Waals surface area contributed by atoms with Crippen LogP contribution < -0.4 is 0 Å². The van der Waals surface area contributed by atoms with Crippen molar-refractivity contribution < 1.29 is 23.9 Å². The van der Waals surface area contributed by atoms with Gasteiger partial charge in [-0.2, -0.15) is 0 Å². The third-order valence-electron chi connectivity index (χ3n) is 4.24. The maximum atomic E-state index is 12.3. The molecule has 0 saturated heterocycles. The van der Waals surface area contributed by atoms with Gasteiger partial charge in [0.2, 0.25) is 0 Å². The van der Waals surface area contributed by atoms with Crippen molar-refractivity contribution in [3.8, 4) is 0 Å². The first kappa shape index (κ1) is 19.3. The lowest BCUT2D eigenvalue weighted by Crippen LogP contribution is -2.21. The minimum Gasteiger partial charge on any atom is -0.457 e. The molecule has 5 nitrogen and oxygen atoms in total. The number of rotatable bonds is 7. The van der Waals surface area contributed by atoms with Crippen LogP contribution in [0.25, 0.3) is 0 Å². The van der Waals surface area contributed by atoms with Gasteiger partial charge in [-0.05, 0) is 30.0 Å². The molecule has 5 heteroatoms. The number of esters is 2. The summed E-state index contributed by atoms with van der Waals surface area (Å²) in [5, 5.41) is 0. The molecule has 0 atom stereocenters. The second kappa shape index (κ2) is 9.46. The van der Waals surface area contributed by atoms with E-state index < -0.39 is 17.7 Å². The van der Waals surface area contributed by atoms with Crippen LogP contribution in [-0.2, 0) is 37.1 Å². The van der Waals surface area contributed by atoms with Gasteiger partial charge >= 0.3 is 11.9 Å². The van der Waals surface area contributed by atoms with Crippen molar-refractivity contribution in [3.05, 3.63) is 95.1 Å². The molecule has 2 aromatic carbocycles. The Morgan fingerprint density at radius 2 is 1.36 bits per heavy atom. The molecule has 28 heavy (non-hydrogen) atoms. The Hall–Kier alpha value is -3.47. The second-order valence-corrected chi connectivity index (χ2v) is 6.32. The maximum absolute atomic E-state index is 12.3. The summed E-state index contributed by atoms with van der Waals surface area (Å²) in [7, 11) is 0. The first-order valence-electron chi connectivity index (χ1n) is 9.00. The van der Waals surface area contributed by atoms with Gasteiger partial charge < -0.3 is 9.47 Å². The van der Waals surface area contributed by atoms with Crippen LogP contribution in [0.3, 0.4) is 0 Å². The quantitative estimate of drug-likeness (QED) is 0.544. The molecule has 0 N–H and O–H groups in total. The van der Waals surface area contributed by atoms with Gasteiger partial charge in [0, 0.05) is 11.1 Å². The molecule has 0 aromatic heterocycles. The molecule has 0 spiro atoms. The monoisotopic (exact) mass is 376 g/mol. The molecule has 0 heterocycles. The fraction of sp³-hybridized carbons (Fsp3) is 0.174. The molecule has 0 saturated carbocycles. The van der Waals surface area contributed by atoms with Crippen LogP contribution in [0.5, 0.6) is 0 Å². The van der Waals surface area contributed by atoms with E-state index in [0.29, 0.717) is 18.4 Å². The van der Waals surface area contributed by atoms with Crippen LogP contribution in [0.1, 0.15) is 24.0 Å². The average molecular weight is 376 g/mol. The molecule has 0 aliphatic heterocycles. The van der Waals surface area contributed by atoms with E-state index >= 15 is 0 Å². The van der Waals surface area contributed by atoms with Crippen molar-refractivity contribution in [2.45, 2.75) is 26.1 Å². The Bertz CT molecular complexity index is 911. The summed E-state index contributed by atoms with van der Waals surface area (Å²) in [5.74, 6) is -2.19. The standard InChI is InChI=1S/C23H20O5/c24-21(23(26)28-16-18-10-5-2-6-11-18)19-12-7-13-20(14-19)22(25)27-15-17-8-3-1-4-9-17/h1-6,8-12,14H,7,13,15-16H2. The number of carbonyl (C=O) groups is 3. The largest absolute Gasteiger partial charge is 0.457 e. The SMILES string of the molecule is O=C(OCc1ccccc1)C(=O)C1=CCCC(C(=O)OCc2ccccc2)=C1. The van der Waals surface area contributed by atoms with Crippen molar-refractivity contribution in [1.82, 2.24) is 0 Å². The Kier molecular flexibility index (Phi) is 6.52. The Morgan fingerprint density at radius 1 is 0.786 bits per heavy atom. The van der Waals surface area contributed by atoms with Crippen LogP contribution in [0.2, 0.25) is 0 Å². The number of benzene rings is 2. The van der Waals surface area contributed by atoms with Crippen LogP contribution >= 0.6 is 0 Å². The molecule has 1 aliphatic rings. The molecule has 0 amide bonds. The highest BCUT2D eigenvalue weighted by Crippen LogP contribution is 2.20. The number of ether oxygens (including phenoxy) is 2. The number of Topliss-reactive ketones (excluding diaryl/α,β-unsaturated/α-hetero) is 1.